The van der Waals surface area contributed by atoms with Crippen molar-refractivity contribution in [2.45, 2.75) is 13.8 Å². The van der Waals surface area contributed by atoms with Crippen LogP contribution in [0.5, 0.6) is 11.5 Å². The Hall–Kier alpha value is -2.53. The standard InChI is InChI=1S/C22H21IN2O5S/c1-4-25-20(27)18(12-13-10-16(23)19(26)17(11-13)30-5-2)31-22(25)24-15-8-6-14(7-9-15)21(28)29-3/h6-12,26H,4-5H2,1-3H3/b18-12+,24-22?. The van der Waals surface area contributed by atoms with E-state index < -0.39 is 5.97 Å². The van der Waals surface area contributed by atoms with E-state index in [1.54, 1.807) is 47.4 Å². The predicted molar refractivity (Wildman–Crippen MR) is 130 cm³/mol. The van der Waals surface area contributed by atoms with Gasteiger partial charge in [0.05, 0.1) is 33.4 Å². The fraction of sp³-hybridized carbons (Fsp3) is 0.227. The summed E-state index contributed by atoms with van der Waals surface area (Å²) in [5.41, 5.74) is 1.81. The number of halogens is 1. The van der Waals surface area contributed by atoms with Gasteiger partial charge in [0.1, 0.15) is 0 Å². The van der Waals surface area contributed by atoms with Gasteiger partial charge in [-0.2, -0.15) is 0 Å². The number of thioether (sulfide) groups is 1. The van der Waals surface area contributed by atoms with Gasteiger partial charge < -0.3 is 14.6 Å². The van der Waals surface area contributed by atoms with Crippen LogP contribution < -0.4 is 4.74 Å². The molecule has 1 aliphatic rings. The van der Waals surface area contributed by atoms with Crippen molar-refractivity contribution in [3.05, 3.63) is 56.0 Å². The second kappa shape index (κ2) is 10.2. The number of aliphatic imine (C=N–C) groups is 1. The maximum absolute atomic E-state index is 12.9. The normalized spacial score (nSPS) is 16.3. The molecule has 2 aromatic rings. The van der Waals surface area contributed by atoms with Gasteiger partial charge in [-0.05, 0) is 96.2 Å². The zero-order valence-corrected chi connectivity index (χ0v) is 20.2. The van der Waals surface area contributed by atoms with Crippen molar-refractivity contribution >= 4 is 63.2 Å². The van der Waals surface area contributed by atoms with E-state index >= 15 is 0 Å². The summed E-state index contributed by atoms with van der Waals surface area (Å²) in [6, 6.07) is 10.2. The highest BCUT2D eigenvalue weighted by Crippen LogP contribution is 2.37. The number of carbonyl (C=O) groups is 2. The first-order chi connectivity index (χ1) is 14.9. The van der Waals surface area contributed by atoms with Crippen molar-refractivity contribution in [2.24, 2.45) is 4.99 Å². The van der Waals surface area contributed by atoms with Crippen LogP contribution in [0.15, 0.2) is 46.3 Å². The smallest absolute Gasteiger partial charge is 0.337 e. The largest absolute Gasteiger partial charge is 0.504 e. The highest BCUT2D eigenvalue weighted by Gasteiger charge is 2.32. The van der Waals surface area contributed by atoms with Gasteiger partial charge >= 0.3 is 5.97 Å². The molecule has 1 heterocycles. The van der Waals surface area contributed by atoms with E-state index in [-0.39, 0.29) is 11.7 Å². The van der Waals surface area contributed by atoms with Gasteiger partial charge in [-0.25, -0.2) is 9.79 Å². The van der Waals surface area contributed by atoms with Crippen LogP contribution in [0.2, 0.25) is 0 Å². The molecule has 3 rings (SSSR count). The van der Waals surface area contributed by atoms with E-state index in [0.29, 0.717) is 43.8 Å². The summed E-state index contributed by atoms with van der Waals surface area (Å²) in [7, 11) is 1.33. The predicted octanol–water partition coefficient (Wildman–Crippen LogP) is 4.81. The molecular formula is C22H21IN2O5S. The Morgan fingerprint density at radius 3 is 2.58 bits per heavy atom. The molecule has 0 radical (unpaired) electrons. The lowest BCUT2D eigenvalue weighted by molar-refractivity contribution is -0.122. The van der Waals surface area contributed by atoms with Crippen LogP contribution in [0.1, 0.15) is 29.8 Å². The molecule has 1 N–H and O–H groups in total. The second-order valence-electron chi connectivity index (χ2n) is 6.38. The average Bonchev–Trinajstić information content (AvgIpc) is 3.05. The molecule has 1 amide bonds. The first kappa shape index (κ1) is 23.1. The van der Waals surface area contributed by atoms with Crippen molar-refractivity contribution < 1.29 is 24.2 Å². The van der Waals surface area contributed by atoms with Gasteiger partial charge in [-0.3, -0.25) is 9.69 Å². The molecule has 0 unspecified atom stereocenters. The van der Waals surface area contributed by atoms with Gasteiger partial charge in [-0.15, -0.1) is 0 Å². The summed E-state index contributed by atoms with van der Waals surface area (Å²) < 4.78 is 10.8. The number of ether oxygens (including phenoxy) is 2. The third kappa shape index (κ3) is 5.21. The SMILES string of the molecule is CCOc1cc(/C=C2/SC(=Nc3ccc(C(=O)OC)cc3)N(CC)C2=O)cc(I)c1O. The Morgan fingerprint density at radius 1 is 1.26 bits per heavy atom. The zero-order valence-electron chi connectivity index (χ0n) is 17.2. The highest BCUT2D eigenvalue weighted by atomic mass is 127. The summed E-state index contributed by atoms with van der Waals surface area (Å²) in [5, 5.41) is 10.7. The quantitative estimate of drug-likeness (QED) is 0.315. The Bertz CT molecular complexity index is 1070. The molecule has 162 valence electrons. The summed E-state index contributed by atoms with van der Waals surface area (Å²) in [6.07, 6.45) is 1.77. The number of benzene rings is 2. The van der Waals surface area contributed by atoms with Crippen molar-refractivity contribution in [2.75, 3.05) is 20.3 Å². The molecule has 2 aromatic carbocycles. The first-order valence-electron chi connectivity index (χ1n) is 9.51. The Labute approximate surface area is 198 Å². The monoisotopic (exact) mass is 552 g/mol. The van der Waals surface area contributed by atoms with E-state index in [4.69, 9.17) is 9.47 Å². The summed E-state index contributed by atoms with van der Waals surface area (Å²) >= 11 is 3.30. The molecule has 1 saturated heterocycles. The molecule has 0 saturated carbocycles. The lowest BCUT2D eigenvalue weighted by Gasteiger charge is -2.12. The minimum atomic E-state index is -0.417. The van der Waals surface area contributed by atoms with Crippen molar-refractivity contribution in [1.29, 1.82) is 0 Å². The topological polar surface area (TPSA) is 88.4 Å². The molecule has 31 heavy (non-hydrogen) atoms. The number of amides is 1. The van der Waals surface area contributed by atoms with Crippen LogP contribution in [0.3, 0.4) is 0 Å². The van der Waals surface area contributed by atoms with Gasteiger partial charge in [0.25, 0.3) is 5.91 Å². The molecule has 1 aliphatic heterocycles. The van der Waals surface area contributed by atoms with Crippen molar-refractivity contribution in [1.82, 2.24) is 4.90 Å². The summed E-state index contributed by atoms with van der Waals surface area (Å²) in [6.45, 7) is 4.62. The molecule has 0 spiro atoms. The number of phenols is 1. The van der Waals surface area contributed by atoms with E-state index in [1.807, 2.05) is 36.4 Å². The van der Waals surface area contributed by atoms with Crippen molar-refractivity contribution in [3.63, 3.8) is 0 Å². The fourth-order valence-electron chi connectivity index (χ4n) is 2.86. The molecule has 0 bridgehead atoms. The number of hydrogen-bond acceptors (Lipinski definition) is 7. The number of esters is 1. The van der Waals surface area contributed by atoms with Crippen LogP contribution in [0.4, 0.5) is 5.69 Å². The number of likely N-dealkylation sites (N-methyl/N-ethyl adjacent to an activating group) is 1. The number of aromatic hydroxyl groups is 1. The molecule has 0 aromatic heterocycles. The summed E-state index contributed by atoms with van der Waals surface area (Å²) in [5.74, 6) is -0.0927. The van der Waals surface area contributed by atoms with Gasteiger partial charge in [0.15, 0.2) is 16.7 Å². The second-order valence-corrected chi connectivity index (χ2v) is 8.55. The lowest BCUT2D eigenvalue weighted by atomic mass is 10.2. The number of phenolic OH excluding ortho intramolecular Hbond substituents is 1. The minimum absolute atomic E-state index is 0.0860. The molecule has 0 atom stereocenters. The van der Waals surface area contributed by atoms with E-state index in [9.17, 15) is 14.7 Å². The van der Waals surface area contributed by atoms with E-state index in [0.717, 1.165) is 5.56 Å². The average molecular weight is 552 g/mol. The van der Waals surface area contributed by atoms with E-state index in [1.165, 1.54) is 18.9 Å². The third-order valence-corrected chi connectivity index (χ3v) is 6.19. The van der Waals surface area contributed by atoms with Gasteiger partial charge in [-0.1, -0.05) is 0 Å². The Balaban J connectivity index is 1.91. The molecule has 7 nitrogen and oxygen atoms in total. The molecular weight excluding hydrogens is 531 g/mol. The molecule has 0 aliphatic carbocycles. The highest BCUT2D eigenvalue weighted by molar-refractivity contribution is 14.1. The summed E-state index contributed by atoms with van der Waals surface area (Å²) in [4.78, 5) is 31.2. The van der Waals surface area contributed by atoms with Crippen LogP contribution in [0.25, 0.3) is 6.08 Å². The number of carbonyl (C=O) groups excluding carboxylic acids is 2. The fourth-order valence-corrected chi connectivity index (χ4v) is 4.55. The third-order valence-electron chi connectivity index (χ3n) is 4.37. The number of amidine groups is 1. The maximum atomic E-state index is 12.9. The van der Waals surface area contributed by atoms with Crippen molar-refractivity contribution in [3.8, 4) is 11.5 Å². The minimum Gasteiger partial charge on any atom is -0.504 e. The lowest BCUT2D eigenvalue weighted by Crippen LogP contribution is -2.28. The van der Waals surface area contributed by atoms with Crippen LogP contribution in [-0.2, 0) is 9.53 Å². The maximum Gasteiger partial charge on any atom is 0.337 e. The number of nitrogens with zero attached hydrogens (tertiary/aromatic N) is 2. The van der Waals surface area contributed by atoms with Gasteiger partial charge in [0, 0.05) is 6.54 Å². The number of methoxy groups -OCH3 is 1. The first-order valence-corrected chi connectivity index (χ1v) is 11.4. The van der Waals surface area contributed by atoms with Crippen LogP contribution in [-0.4, -0.2) is 47.3 Å². The van der Waals surface area contributed by atoms with Gasteiger partial charge in [0.2, 0.25) is 0 Å². The van der Waals surface area contributed by atoms with Crippen LogP contribution in [0, 0.1) is 3.57 Å². The Morgan fingerprint density at radius 2 is 1.97 bits per heavy atom. The molecule has 9 heteroatoms. The molecule has 1 fully saturated rings. The Kier molecular flexibility index (Phi) is 7.60. The van der Waals surface area contributed by atoms with Crippen LogP contribution >= 0.6 is 34.4 Å². The zero-order chi connectivity index (χ0) is 22.5. The number of hydrogen-bond donors (Lipinski definition) is 1. The number of rotatable bonds is 6. The van der Waals surface area contributed by atoms with E-state index in [2.05, 4.69) is 4.99 Å².